The monoisotopic (exact) mass is 416 g/mol. The van der Waals surface area contributed by atoms with Gasteiger partial charge in [-0.05, 0) is 20.3 Å². The Hall–Kier alpha value is 1.31. The molecule has 18 heavy (non-hydrogen) atoms. The fraction of sp³-hybridized carbons (Fsp3) is 1.00. The second kappa shape index (κ2) is 4.66. The number of alkyl halides is 5. The van der Waals surface area contributed by atoms with Crippen LogP contribution in [0.25, 0.3) is 0 Å². The molecule has 1 aliphatic rings. The van der Waals surface area contributed by atoms with Gasteiger partial charge in [-0.25, -0.2) is 17.6 Å². The Morgan fingerprint density at radius 2 is 1.56 bits per heavy atom. The number of hydrogen-bond acceptors (Lipinski definition) is 0. The minimum Gasteiger partial charge on any atom is -0.206 e. The predicted octanol–water partition coefficient (Wildman–Crippen LogP) is 5.11. The Balaban J connectivity index is 3.41. The molecule has 0 bridgehead atoms. The van der Waals surface area contributed by atoms with Crippen LogP contribution in [0.2, 0.25) is 0 Å². The summed E-state index contributed by atoms with van der Waals surface area (Å²) in [6.45, 7) is 3.74. The van der Waals surface area contributed by atoms with Crippen molar-refractivity contribution in [3.63, 3.8) is 0 Å². The Labute approximate surface area is 124 Å². The Morgan fingerprint density at radius 1 is 1.11 bits per heavy atom. The van der Waals surface area contributed by atoms with Crippen molar-refractivity contribution < 1.29 is 17.6 Å². The lowest BCUT2D eigenvalue weighted by molar-refractivity contribution is -0.258. The standard InChI is InChI=1S/C11H19F4IP2/c1-4-5-8(17)6-9(12,13)7(2,3)10(14,15)11(8,16)18/h4-6,17-18H2,1-3H3. The molecule has 0 aliphatic heterocycles. The molecule has 0 N–H and O–H groups in total. The van der Waals surface area contributed by atoms with Gasteiger partial charge in [0.25, 0.3) is 11.8 Å². The molecule has 1 rings (SSSR count). The molecule has 1 fully saturated rings. The van der Waals surface area contributed by atoms with Gasteiger partial charge >= 0.3 is 0 Å². The quantitative estimate of drug-likeness (QED) is 0.254. The van der Waals surface area contributed by atoms with Crippen LogP contribution in [0.5, 0.6) is 0 Å². The average Bonchev–Trinajstić information content (AvgIpc) is 2.14. The van der Waals surface area contributed by atoms with E-state index < -0.39 is 32.0 Å². The molecule has 0 aromatic rings. The lowest BCUT2D eigenvalue weighted by Gasteiger charge is -2.59. The van der Waals surface area contributed by atoms with Crippen molar-refractivity contribution in [3.8, 4) is 0 Å². The number of rotatable bonds is 2. The molecule has 0 aromatic carbocycles. The van der Waals surface area contributed by atoms with Gasteiger partial charge in [-0.15, -0.1) is 18.5 Å². The minimum absolute atomic E-state index is 0.325. The summed E-state index contributed by atoms with van der Waals surface area (Å²) in [5.74, 6) is -6.87. The molecule has 1 saturated carbocycles. The highest BCUT2D eigenvalue weighted by Crippen LogP contribution is 2.71. The van der Waals surface area contributed by atoms with E-state index in [9.17, 15) is 17.6 Å². The van der Waals surface area contributed by atoms with Gasteiger partial charge in [0.1, 0.15) is 3.16 Å². The van der Waals surface area contributed by atoms with Gasteiger partial charge in [0.05, 0.1) is 5.41 Å². The first kappa shape index (κ1) is 17.4. The fourth-order valence-electron chi connectivity index (χ4n) is 2.46. The summed E-state index contributed by atoms with van der Waals surface area (Å²) < 4.78 is 55.8. The van der Waals surface area contributed by atoms with Gasteiger partial charge in [-0.2, -0.15) is 0 Å². The zero-order chi connectivity index (χ0) is 14.6. The first-order chi connectivity index (χ1) is 7.77. The van der Waals surface area contributed by atoms with Crippen LogP contribution >= 0.6 is 41.1 Å². The summed E-state index contributed by atoms with van der Waals surface area (Å²) in [6.07, 6.45) is 0.383. The third kappa shape index (κ3) is 2.06. The van der Waals surface area contributed by atoms with Crippen LogP contribution in [0.4, 0.5) is 17.6 Å². The largest absolute Gasteiger partial charge is 0.277 e. The summed E-state index contributed by atoms with van der Waals surface area (Å²) in [4.78, 5) is 0. The topological polar surface area (TPSA) is 0 Å². The SMILES string of the molecule is CCCC1(P)CC(F)(F)C(C)(C)C(F)(F)C1(P)I. The van der Waals surface area contributed by atoms with Gasteiger partial charge in [-0.3, -0.25) is 0 Å². The highest BCUT2D eigenvalue weighted by Gasteiger charge is 2.77. The third-order valence-corrected chi connectivity index (χ3v) is 8.67. The van der Waals surface area contributed by atoms with E-state index in [1.165, 1.54) is 0 Å². The van der Waals surface area contributed by atoms with Crippen LogP contribution < -0.4 is 0 Å². The van der Waals surface area contributed by atoms with Crippen molar-refractivity contribution >= 4 is 41.1 Å². The van der Waals surface area contributed by atoms with Crippen molar-refractivity contribution in [2.75, 3.05) is 0 Å². The molecule has 4 atom stereocenters. The highest BCUT2D eigenvalue weighted by molar-refractivity contribution is 14.1. The smallest absolute Gasteiger partial charge is 0.206 e. The molecular formula is C11H19F4IP2. The van der Waals surface area contributed by atoms with Crippen molar-refractivity contribution in [1.82, 2.24) is 0 Å². The molecule has 0 heterocycles. The van der Waals surface area contributed by atoms with Gasteiger partial charge in [0.15, 0.2) is 0 Å². The second-order valence-corrected chi connectivity index (χ2v) is 10.5. The molecule has 7 heteroatoms. The van der Waals surface area contributed by atoms with E-state index in [2.05, 4.69) is 18.5 Å². The Kier molecular flexibility index (Phi) is 4.50. The van der Waals surface area contributed by atoms with E-state index >= 15 is 0 Å². The van der Waals surface area contributed by atoms with Crippen LogP contribution in [0.3, 0.4) is 0 Å². The lowest BCUT2D eigenvalue weighted by Crippen LogP contribution is -2.70. The third-order valence-electron chi connectivity index (χ3n) is 4.11. The van der Waals surface area contributed by atoms with E-state index in [1.54, 1.807) is 22.6 Å². The van der Waals surface area contributed by atoms with Crippen LogP contribution in [0.15, 0.2) is 0 Å². The van der Waals surface area contributed by atoms with Crippen molar-refractivity contribution in [2.45, 2.75) is 60.2 Å². The summed E-state index contributed by atoms with van der Waals surface area (Å²) in [5.41, 5.74) is -2.35. The van der Waals surface area contributed by atoms with E-state index in [1.807, 2.05) is 6.92 Å². The maximum absolute atomic E-state index is 14.6. The summed E-state index contributed by atoms with van der Waals surface area (Å²) >= 11 is 1.64. The summed E-state index contributed by atoms with van der Waals surface area (Å²) in [6, 6.07) is 0. The molecule has 0 amide bonds. The molecule has 0 aromatic heterocycles. The van der Waals surface area contributed by atoms with Crippen molar-refractivity contribution in [2.24, 2.45) is 5.41 Å². The molecular weight excluding hydrogens is 397 g/mol. The summed E-state index contributed by atoms with van der Waals surface area (Å²) in [7, 11) is 4.41. The Bertz CT molecular complexity index is 344. The molecule has 108 valence electrons. The highest BCUT2D eigenvalue weighted by atomic mass is 127. The molecule has 4 unspecified atom stereocenters. The van der Waals surface area contributed by atoms with Gasteiger partial charge in [-0.1, -0.05) is 35.9 Å². The average molecular weight is 416 g/mol. The first-order valence-corrected chi connectivity index (χ1v) is 8.02. The van der Waals surface area contributed by atoms with Gasteiger partial charge in [0, 0.05) is 11.6 Å². The maximum atomic E-state index is 14.6. The van der Waals surface area contributed by atoms with E-state index in [0.717, 1.165) is 13.8 Å². The van der Waals surface area contributed by atoms with Gasteiger partial charge < -0.3 is 0 Å². The normalized spacial score (nSPS) is 41.7. The first-order valence-electron chi connectivity index (χ1n) is 5.79. The van der Waals surface area contributed by atoms with E-state index in [0.29, 0.717) is 12.8 Å². The van der Waals surface area contributed by atoms with Crippen LogP contribution in [-0.2, 0) is 0 Å². The Morgan fingerprint density at radius 3 is 1.94 bits per heavy atom. The molecule has 0 spiro atoms. The van der Waals surface area contributed by atoms with Crippen LogP contribution in [0, 0.1) is 5.41 Å². The van der Waals surface area contributed by atoms with E-state index in [-0.39, 0.29) is 0 Å². The fourth-order valence-corrected chi connectivity index (χ4v) is 4.93. The number of hydrogen-bond donors (Lipinski definition) is 0. The van der Waals surface area contributed by atoms with E-state index in [4.69, 9.17) is 0 Å². The van der Waals surface area contributed by atoms with Crippen LogP contribution in [0.1, 0.15) is 40.0 Å². The van der Waals surface area contributed by atoms with Gasteiger partial charge in [0.2, 0.25) is 0 Å². The predicted molar refractivity (Wildman–Crippen MR) is 82.1 cm³/mol. The maximum Gasteiger partial charge on any atom is 0.277 e. The molecule has 0 radical (unpaired) electrons. The second-order valence-electron chi connectivity index (χ2n) is 5.70. The lowest BCUT2D eigenvalue weighted by atomic mass is 9.65. The molecule has 0 nitrogen and oxygen atoms in total. The zero-order valence-corrected chi connectivity index (χ0v) is 15.1. The molecule has 0 saturated heterocycles. The summed E-state index contributed by atoms with van der Waals surface area (Å²) in [5, 5.41) is -1.19. The minimum atomic E-state index is -3.48. The van der Waals surface area contributed by atoms with Crippen molar-refractivity contribution in [1.29, 1.82) is 0 Å². The molecule has 1 aliphatic carbocycles. The number of halogens is 5. The van der Waals surface area contributed by atoms with Crippen LogP contribution in [-0.4, -0.2) is 20.2 Å². The van der Waals surface area contributed by atoms with Crippen molar-refractivity contribution in [3.05, 3.63) is 0 Å². The zero-order valence-electron chi connectivity index (χ0n) is 10.7.